The molecule has 0 fully saturated rings. The molecule has 3 heterocycles. The zero-order chi connectivity index (χ0) is 25.4. The lowest BCUT2D eigenvalue weighted by atomic mass is 10.0. The molecule has 5 aromatic rings. The zero-order valence-electron chi connectivity index (χ0n) is 18.3. The van der Waals surface area contributed by atoms with E-state index in [9.17, 15) is 28.1 Å². The van der Waals surface area contributed by atoms with Crippen molar-refractivity contribution < 1.29 is 22.9 Å². The van der Waals surface area contributed by atoms with Gasteiger partial charge in [0, 0.05) is 18.2 Å². The molecule has 0 aliphatic rings. The van der Waals surface area contributed by atoms with Crippen LogP contribution in [0.4, 0.5) is 18.9 Å². The van der Waals surface area contributed by atoms with Gasteiger partial charge in [-0.05, 0) is 22.9 Å². The van der Waals surface area contributed by atoms with Crippen molar-refractivity contribution in [1.29, 1.82) is 0 Å². The number of nitrogens with one attached hydrogen (secondary N) is 1. The Morgan fingerprint density at radius 1 is 1.08 bits per heavy atom. The van der Waals surface area contributed by atoms with Crippen molar-refractivity contribution in [2.45, 2.75) is 12.7 Å². The summed E-state index contributed by atoms with van der Waals surface area (Å²) in [5.74, 6) is -0.720. The fourth-order valence-electron chi connectivity index (χ4n) is 3.73. The molecule has 0 aliphatic carbocycles. The molecule has 3 aromatic heterocycles. The summed E-state index contributed by atoms with van der Waals surface area (Å²) in [5, 5.41) is 22.7. The summed E-state index contributed by atoms with van der Waals surface area (Å²) in [6, 6.07) is 14.8. The summed E-state index contributed by atoms with van der Waals surface area (Å²) in [7, 11) is 0. The minimum atomic E-state index is -4.75. The van der Waals surface area contributed by atoms with Gasteiger partial charge in [-0.3, -0.25) is 19.6 Å². The number of nitrogens with zero attached hydrogens (tertiary/aromatic N) is 6. The number of hydrogen-bond acceptors (Lipinski definition) is 6. The first-order valence-corrected chi connectivity index (χ1v) is 10.6. The number of carbonyl (C=O) groups excluding carboxylic acids is 1. The summed E-state index contributed by atoms with van der Waals surface area (Å²) in [6.07, 6.45) is -2.48. The Labute approximate surface area is 200 Å². The van der Waals surface area contributed by atoms with E-state index in [1.807, 2.05) is 24.3 Å². The molecule has 2 aromatic carbocycles. The Morgan fingerprint density at radius 2 is 1.86 bits per heavy atom. The molecule has 0 unspecified atom stereocenters. The van der Waals surface area contributed by atoms with Crippen molar-refractivity contribution in [1.82, 2.24) is 29.7 Å². The molecule has 0 bridgehead atoms. The van der Waals surface area contributed by atoms with Gasteiger partial charge >= 0.3 is 11.9 Å². The normalized spacial score (nSPS) is 11.8. The van der Waals surface area contributed by atoms with Crippen LogP contribution in [0, 0.1) is 10.1 Å². The van der Waals surface area contributed by atoms with E-state index in [4.69, 9.17) is 0 Å². The van der Waals surface area contributed by atoms with Gasteiger partial charge in [-0.25, -0.2) is 9.50 Å². The monoisotopic (exact) mass is 495 g/mol. The fraction of sp³-hybridized carbons (Fsp3) is 0.130. The Balaban J connectivity index is 1.43. The molecule has 0 aliphatic heterocycles. The van der Waals surface area contributed by atoms with Crippen LogP contribution in [0.3, 0.4) is 0 Å². The number of carbonyl (C=O) groups is 1. The molecule has 0 spiro atoms. The second-order valence-electron chi connectivity index (χ2n) is 7.86. The molecule has 0 saturated heterocycles. The van der Waals surface area contributed by atoms with Crippen molar-refractivity contribution in [2.75, 3.05) is 6.54 Å². The van der Waals surface area contributed by atoms with Gasteiger partial charge in [0.25, 0.3) is 5.91 Å². The van der Waals surface area contributed by atoms with Crippen molar-refractivity contribution in [3.63, 3.8) is 0 Å². The molecule has 1 amide bonds. The van der Waals surface area contributed by atoms with E-state index in [0.29, 0.717) is 10.1 Å². The summed E-state index contributed by atoms with van der Waals surface area (Å²) < 4.78 is 43.5. The molecule has 10 nitrogen and oxygen atoms in total. The number of hydrogen-bond donors (Lipinski definition) is 1. The minimum Gasteiger partial charge on any atom is -0.349 e. The van der Waals surface area contributed by atoms with Gasteiger partial charge < -0.3 is 5.32 Å². The van der Waals surface area contributed by atoms with Gasteiger partial charge in [-0.1, -0.05) is 36.4 Å². The number of benzene rings is 2. The van der Waals surface area contributed by atoms with E-state index in [-0.39, 0.29) is 35.8 Å². The van der Waals surface area contributed by atoms with Crippen LogP contribution in [0.15, 0.2) is 67.0 Å². The van der Waals surface area contributed by atoms with E-state index in [1.165, 1.54) is 16.9 Å². The van der Waals surface area contributed by atoms with Crippen LogP contribution in [-0.2, 0) is 12.7 Å². The van der Waals surface area contributed by atoms with E-state index >= 15 is 0 Å². The summed E-state index contributed by atoms with van der Waals surface area (Å²) in [4.78, 5) is 27.0. The standard InChI is InChI=1S/C23H16F3N7O3/c24-23(25,26)20-10-18(16-6-5-14-3-1-2-4-15(14)9-16)29-21-11-19(30-32(20)21)22(34)27-7-8-31-13-17(12-28-31)33(35)36/h1-6,9-13H,7-8H2,(H,27,34). The Kier molecular flexibility index (Phi) is 5.59. The maximum atomic E-state index is 13.9. The molecule has 0 atom stereocenters. The number of rotatable bonds is 6. The van der Waals surface area contributed by atoms with Crippen molar-refractivity contribution in [2.24, 2.45) is 0 Å². The third-order valence-corrected chi connectivity index (χ3v) is 5.45. The predicted molar refractivity (Wildman–Crippen MR) is 122 cm³/mol. The van der Waals surface area contributed by atoms with Crippen LogP contribution in [0.5, 0.6) is 0 Å². The highest BCUT2D eigenvalue weighted by atomic mass is 19.4. The van der Waals surface area contributed by atoms with Crippen molar-refractivity contribution in [3.8, 4) is 11.3 Å². The second kappa shape index (κ2) is 8.76. The highest BCUT2D eigenvalue weighted by Crippen LogP contribution is 2.33. The summed E-state index contributed by atoms with van der Waals surface area (Å²) >= 11 is 0. The SMILES string of the molecule is O=C(NCCn1cc([N+](=O)[O-])cn1)c1cc2nc(-c3ccc4ccccc4c3)cc(C(F)(F)F)n2n1. The topological polar surface area (TPSA) is 120 Å². The van der Waals surface area contributed by atoms with Crippen molar-refractivity contribution >= 4 is 28.0 Å². The van der Waals surface area contributed by atoms with Gasteiger partial charge in [0.05, 0.1) is 17.2 Å². The van der Waals surface area contributed by atoms with Crippen LogP contribution in [0.2, 0.25) is 0 Å². The average molecular weight is 495 g/mol. The molecule has 5 rings (SSSR count). The summed E-state index contributed by atoms with van der Waals surface area (Å²) in [5.41, 5.74) is -1.08. The van der Waals surface area contributed by atoms with Gasteiger partial charge in [0.2, 0.25) is 0 Å². The zero-order valence-corrected chi connectivity index (χ0v) is 18.3. The maximum Gasteiger partial charge on any atom is 0.433 e. The van der Waals surface area contributed by atoms with Gasteiger partial charge in [0.1, 0.15) is 12.4 Å². The number of aromatic nitrogens is 5. The van der Waals surface area contributed by atoms with Crippen LogP contribution in [0.1, 0.15) is 16.2 Å². The molecular formula is C23H16F3N7O3. The molecule has 0 saturated carbocycles. The molecule has 0 radical (unpaired) electrons. The van der Waals surface area contributed by atoms with E-state index in [1.54, 1.807) is 18.2 Å². The largest absolute Gasteiger partial charge is 0.433 e. The Hall–Kier alpha value is -4.81. The van der Waals surface area contributed by atoms with Gasteiger partial charge in [-0.15, -0.1) is 0 Å². The van der Waals surface area contributed by atoms with Crippen LogP contribution < -0.4 is 5.32 Å². The number of fused-ring (bicyclic) bond motifs is 2. The summed E-state index contributed by atoms with van der Waals surface area (Å²) in [6.45, 7) is 0.137. The van der Waals surface area contributed by atoms with Crippen LogP contribution in [-0.4, -0.2) is 41.8 Å². The fourth-order valence-corrected chi connectivity index (χ4v) is 3.73. The first kappa shape index (κ1) is 23.0. The first-order chi connectivity index (χ1) is 17.2. The Morgan fingerprint density at radius 3 is 2.58 bits per heavy atom. The maximum absolute atomic E-state index is 13.9. The van der Waals surface area contributed by atoms with Crippen molar-refractivity contribution in [3.05, 3.63) is 88.5 Å². The molecule has 13 heteroatoms. The van der Waals surface area contributed by atoms with Crippen LogP contribution >= 0.6 is 0 Å². The highest BCUT2D eigenvalue weighted by molar-refractivity contribution is 5.93. The van der Waals surface area contributed by atoms with Gasteiger partial charge in [-0.2, -0.15) is 23.4 Å². The predicted octanol–water partition coefficient (Wildman–Crippen LogP) is 4.10. The molecule has 36 heavy (non-hydrogen) atoms. The smallest absolute Gasteiger partial charge is 0.349 e. The lowest BCUT2D eigenvalue weighted by Crippen LogP contribution is -2.27. The number of halogens is 3. The minimum absolute atomic E-state index is 0.0213. The molecule has 182 valence electrons. The lowest BCUT2D eigenvalue weighted by molar-refractivity contribution is -0.385. The van der Waals surface area contributed by atoms with E-state index in [0.717, 1.165) is 23.0 Å². The third-order valence-electron chi connectivity index (χ3n) is 5.45. The number of amides is 1. The molecular weight excluding hydrogens is 479 g/mol. The molecule has 1 N–H and O–H groups in total. The highest BCUT2D eigenvalue weighted by Gasteiger charge is 2.35. The number of alkyl halides is 3. The average Bonchev–Trinajstić information content (AvgIpc) is 3.50. The first-order valence-electron chi connectivity index (χ1n) is 10.6. The third kappa shape index (κ3) is 4.45. The Bertz CT molecular complexity index is 1620. The lowest BCUT2D eigenvalue weighted by Gasteiger charge is -2.11. The van der Waals surface area contributed by atoms with Gasteiger partial charge in [0.15, 0.2) is 17.0 Å². The number of nitro groups is 1. The van der Waals surface area contributed by atoms with E-state index in [2.05, 4.69) is 20.5 Å². The second-order valence-corrected chi connectivity index (χ2v) is 7.86. The van der Waals surface area contributed by atoms with E-state index < -0.39 is 22.7 Å². The van der Waals surface area contributed by atoms with Crippen LogP contribution in [0.25, 0.3) is 27.7 Å². The quantitative estimate of drug-likeness (QED) is 0.280.